The van der Waals surface area contributed by atoms with Gasteiger partial charge in [0.1, 0.15) is 6.04 Å². The van der Waals surface area contributed by atoms with Gasteiger partial charge in [0.15, 0.2) is 6.10 Å². The number of aliphatic carboxylic acids is 1. The number of aliphatic hydroxyl groups excluding tert-OH is 1. The molecule has 1 rings (SSSR count). The molecule has 18 heavy (non-hydrogen) atoms. The summed E-state index contributed by atoms with van der Waals surface area (Å²) in [4.78, 5) is 34.9. The van der Waals surface area contributed by atoms with E-state index >= 15 is 0 Å². The summed E-state index contributed by atoms with van der Waals surface area (Å²) in [7, 11) is 1.49. The van der Waals surface area contributed by atoms with E-state index in [4.69, 9.17) is 10.2 Å². The van der Waals surface area contributed by atoms with Crippen molar-refractivity contribution in [3.05, 3.63) is 0 Å². The Balaban J connectivity index is 2.50. The molecule has 4 N–H and O–H groups in total. The van der Waals surface area contributed by atoms with E-state index in [0.29, 0.717) is 19.4 Å². The molecule has 1 fully saturated rings. The molecule has 0 aliphatic carbocycles. The molecule has 0 spiro atoms. The predicted octanol–water partition coefficient (Wildman–Crippen LogP) is -1.65. The van der Waals surface area contributed by atoms with E-state index in [1.54, 1.807) is 0 Å². The lowest BCUT2D eigenvalue weighted by atomic mass is 10.2. The van der Waals surface area contributed by atoms with Crippen LogP contribution in [0.1, 0.15) is 12.8 Å². The van der Waals surface area contributed by atoms with Crippen LogP contribution < -0.4 is 10.6 Å². The molecule has 0 aromatic heterocycles. The summed E-state index contributed by atoms with van der Waals surface area (Å²) in [6, 6.07) is -1.07. The van der Waals surface area contributed by atoms with E-state index in [2.05, 4.69) is 10.6 Å². The van der Waals surface area contributed by atoms with Crippen LogP contribution in [0.3, 0.4) is 0 Å². The summed E-state index contributed by atoms with van der Waals surface area (Å²) in [5, 5.41) is 22.2. The molecule has 8 nitrogen and oxygen atoms in total. The van der Waals surface area contributed by atoms with Crippen LogP contribution >= 0.6 is 0 Å². The second-order valence-electron chi connectivity index (χ2n) is 4.01. The number of nitrogens with zero attached hydrogens (tertiary/aromatic N) is 1. The van der Waals surface area contributed by atoms with Crippen LogP contribution in [-0.2, 0) is 9.59 Å². The highest BCUT2D eigenvalue weighted by Crippen LogP contribution is 2.17. The fourth-order valence-electron chi connectivity index (χ4n) is 1.82. The first-order valence-corrected chi connectivity index (χ1v) is 5.64. The SMILES string of the molecule is CNC(=O)C1CCCN1C(=O)NC[C@H](O)C(=O)O. The van der Waals surface area contributed by atoms with Crippen LogP contribution in [-0.4, -0.2) is 65.3 Å². The van der Waals surface area contributed by atoms with Gasteiger partial charge in [-0.25, -0.2) is 9.59 Å². The minimum atomic E-state index is -1.64. The number of hydrogen-bond donors (Lipinski definition) is 4. The third kappa shape index (κ3) is 3.33. The number of carbonyl (C=O) groups is 3. The molecule has 3 amide bonds. The number of carboxylic acid groups (broad SMARTS) is 1. The second-order valence-corrected chi connectivity index (χ2v) is 4.01. The number of urea groups is 1. The Morgan fingerprint density at radius 3 is 2.67 bits per heavy atom. The average Bonchev–Trinajstić information content (AvgIpc) is 2.83. The highest BCUT2D eigenvalue weighted by atomic mass is 16.4. The van der Waals surface area contributed by atoms with Crippen LogP contribution in [0, 0.1) is 0 Å². The minimum Gasteiger partial charge on any atom is -0.479 e. The number of amides is 3. The zero-order chi connectivity index (χ0) is 13.7. The number of carbonyl (C=O) groups excluding carboxylic acids is 2. The molecule has 1 heterocycles. The fourth-order valence-corrected chi connectivity index (χ4v) is 1.82. The fraction of sp³-hybridized carbons (Fsp3) is 0.700. The smallest absolute Gasteiger partial charge is 0.334 e. The molecule has 8 heteroatoms. The van der Waals surface area contributed by atoms with E-state index in [1.807, 2.05) is 0 Å². The Bertz CT molecular complexity index is 346. The maximum Gasteiger partial charge on any atom is 0.334 e. The van der Waals surface area contributed by atoms with Gasteiger partial charge in [0, 0.05) is 13.6 Å². The molecule has 1 aliphatic heterocycles. The number of hydrogen-bond acceptors (Lipinski definition) is 4. The van der Waals surface area contributed by atoms with Gasteiger partial charge in [-0.1, -0.05) is 0 Å². The molecule has 102 valence electrons. The molecule has 1 unspecified atom stereocenters. The Morgan fingerprint density at radius 2 is 2.11 bits per heavy atom. The third-order valence-corrected chi connectivity index (χ3v) is 2.79. The van der Waals surface area contributed by atoms with Gasteiger partial charge in [-0.3, -0.25) is 4.79 Å². The maximum atomic E-state index is 11.7. The van der Waals surface area contributed by atoms with Crippen molar-refractivity contribution in [3.63, 3.8) is 0 Å². The normalized spacial score (nSPS) is 20.3. The molecular weight excluding hydrogens is 242 g/mol. The Labute approximate surface area is 104 Å². The first-order chi connectivity index (χ1) is 8.47. The molecule has 0 aromatic carbocycles. The van der Waals surface area contributed by atoms with Gasteiger partial charge in [-0.2, -0.15) is 0 Å². The van der Waals surface area contributed by atoms with Crippen molar-refractivity contribution in [2.45, 2.75) is 25.0 Å². The van der Waals surface area contributed by atoms with Crippen molar-refractivity contribution >= 4 is 17.9 Å². The maximum absolute atomic E-state index is 11.7. The number of carboxylic acids is 1. The second kappa shape index (κ2) is 6.20. The van der Waals surface area contributed by atoms with Crippen LogP contribution in [0.15, 0.2) is 0 Å². The van der Waals surface area contributed by atoms with E-state index in [-0.39, 0.29) is 12.5 Å². The molecule has 1 saturated heterocycles. The first kappa shape index (κ1) is 14.2. The molecule has 0 saturated carbocycles. The summed E-state index contributed by atoms with van der Waals surface area (Å²) in [5.41, 5.74) is 0. The minimum absolute atomic E-state index is 0.249. The summed E-state index contributed by atoms with van der Waals surface area (Å²) >= 11 is 0. The molecule has 0 aromatic rings. The van der Waals surface area contributed by atoms with E-state index in [0.717, 1.165) is 0 Å². The van der Waals surface area contributed by atoms with Crippen molar-refractivity contribution in [2.24, 2.45) is 0 Å². The number of nitrogens with one attached hydrogen (secondary N) is 2. The molecule has 0 radical (unpaired) electrons. The topological polar surface area (TPSA) is 119 Å². The van der Waals surface area contributed by atoms with Gasteiger partial charge < -0.3 is 25.7 Å². The van der Waals surface area contributed by atoms with Crippen LogP contribution in [0.2, 0.25) is 0 Å². The lowest BCUT2D eigenvalue weighted by Crippen LogP contribution is -2.50. The summed E-state index contributed by atoms with van der Waals surface area (Å²) in [6.45, 7) is 0.0538. The van der Waals surface area contributed by atoms with Crippen molar-refractivity contribution < 1.29 is 24.6 Å². The molecule has 1 aliphatic rings. The van der Waals surface area contributed by atoms with Gasteiger partial charge in [0.2, 0.25) is 5.91 Å². The van der Waals surface area contributed by atoms with Crippen molar-refractivity contribution in [3.8, 4) is 0 Å². The van der Waals surface area contributed by atoms with Crippen molar-refractivity contribution in [1.29, 1.82) is 0 Å². The van der Waals surface area contributed by atoms with Crippen LogP contribution in [0.5, 0.6) is 0 Å². The monoisotopic (exact) mass is 259 g/mol. The Hall–Kier alpha value is -1.83. The van der Waals surface area contributed by atoms with Gasteiger partial charge >= 0.3 is 12.0 Å². The quantitative estimate of drug-likeness (QED) is 0.482. The van der Waals surface area contributed by atoms with Gasteiger partial charge in [-0.15, -0.1) is 0 Å². The van der Waals surface area contributed by atoms with Gasteiger partial charge in [-0.05, 0) is 12.8 Å². The molecule has 2 atom stereocenters. The third-order valence-electron chi connectivity index (χ3n) is 2.79. The number of likely N-dealkylation sites (N-methyl/N-ethyl adjacent to an activating group) is 1. The van der Waals surface area contributed by atoms with Crippen LogP contribution in [0.4, 0.5) is 4.79 Å². The summed E-state index contributed by atoms with van der Waals surface area (Å²) < 4.78 is 0. The average molecular weight is 259 g/mol. The zero-order valence-electron chi connectivity index (χ0n) is 10.0. The van der Waals surface area contributed by atoms with E-state index in [9.17, 15) is 14.4 Å². The van der Waals surface area contributed by atoms with Crippen molar-refractivity contribution in [1.82, 2.24) is 15.5 Å². The summed E-state index contributed by atoms with van der Waals surface area (Å²) in [5.74, 6) is -1.65. The highest BCUT2D eigenvalue weighted by Gasteiger charge is 2.33. The highest BCUT2D eigenvalue weighted by molar-refractivity contribution is 5.87. The Kier molecular flexibility index (Phi) is 4.90. The first-order valence-electron chi connectivity index (χ1n) is 5.64. The van der Waals surface area contributed by atoms with E-state index < -0.39 is 24.1 Å². The van der Waals surface area contributed by atoms with Crippen molar-refractivity contribution in [2.75, 3.05) is 20.1 Å². The standard InChI is InChI=1S/C10H17N3O5/c1-11-8(15)6-3-2-4-13(6)10(18)12-5-7(14)9(16)17/h6-7,14H,2-5H2,1H3,(H,11,15)(H,12,18)(H,16,17)/t6?,7-/m0/s1. The zero-order valence-corrected chi connectivity index (χ0v) is 10.0. The summed E-state index contributed by atoms with van der Waals surface area (Å²) in [6.07, 6.45) is -0.350. The van der Waals surface area contributed by atoms with Gasteiger partial charge in [0.05, 0.1) is 6.54 Å². The van der Waals surface area contributed by atoms with Gasteiger partial charge in [0.25, 0.3) is 0 Å². The number of likely N-dealkylation sites (tertiary alicyclic amines) is 1. The number of aliphatic hydroxyl groups is 1. The molecular formula is C10H17N3O5. The van der Waals surface area contributed by atoms with Crippen LogP contribution in [0.25, 0.3) is 0 Å². The predicted molar refractivity (Wildman–Crippen MR) is 60.8 cm³/mol. The number of rotatable bonds is 4. The molecule has 0 bridgehead atoms. The largest absolute Gasteiger partial charge is 0.479 e. The van der Waals surface area contributed by atoms with E-state index in [1.165, 1.54) is 11.9 Å². The lowest BCUT2D eigenvalue weighted by Gasteiger charge is -2.23. The Morgan fingerprint density at radius 1 is 1.44 bits per heavy atom. The lowest BCUT2D eigenvalue weighted by molar-refractivity contribution is -0.146.